The van der Waals surface area contributed by atoms with E-state index >= 15 is 0 Å². The molecular weight excluding hydrogens is 232 g/mol. The molecule has 0 aliphatic carbocycles. The van der Waals surface area contributed by atoms with Crippen LogP contribution in [0.15, 0.2) is 18.2 Å². The summed E-state index contributed by atoms with van der Waals surface area (Å²) < 4.78 is 16.2. The number of hydrogen-bond donors (Lipinski definition) is 1. The van der Waals surface area contributed by atoms with Gasteiger partial charge in [-0.25, -0.2) is 0 Å². The summed E-state index contributed by atoms with van der Waals surface area (Å²) in [6.07, 6.45) is -0.315. The minimum atomic E-state index is -0.516. The fourth-order valence-corrected chi connectivity index (χ4v) is 1.50. The smallest absolute Gasteiger partial charge is 0.161 e. The molecule has 0 radical (unpaired) electrons. The van der Waals surface area contributed by atoms with Gasteiger partial charge in [0.15, 0.2) is 11.5 Å². The molecule has 102 valence electrons. The molecule has 0 amide bonds. The van der Waals surface area contributed by atoms with Crippen LogP contribution in [-0.4, -0.2) is 31.5 Å². The van der Waals surface area contributed by atoms with Crippen molar-refractivity contribution in [1.29, 1.82) is 0 Å². The van der Waals surface area contributed by atoms with Crippen molar-refractivity contribution in [3.63, 3.8) is 0 Å². The highest BCUT2D eigenvalue weighted by Gasteiger charge is 2.08. The molecule has 0 heterocycles. The van der Waals surface area contributed by atoms with Gasteiger partial charge in [0.05, 0.1) is 25.9 Å². The molecule has 0 fully saturated rings. The van der Waals surface area contributed by atoms with Gasteiger partial charge in [-0.2, -0.15) is 0 Å². The van der Waals surface area contributed by atoms with Crippen molar-refractivity contribution in [3.8, 4) is 11.5 Å². The lowest BCUT2D eigenvalue weighted by molar-refractivity contribution is 0.0546. The van der Waals surface area contributed by atoms with Crippen molar-refractivity contribution in [1.82, 2.24) is 0 Å². The molecule has 1 aromatic rings. The summed E-state index contributed by atoms with van der Waals surface area (Å²) >= 11 is 0. The molecule has 0 bridgehead atoms. The van der Waals surface area contributed by atoms with Gasteiger partial charge < -0.3 is 19.3 Å². The molecule has 0 saturated heterocycles. The first kappa shape index (κ1) is 14.8. The van der Waals surface area contributed by atoms with E-state index in [1.807, 2.05) is 19.9 Å². The predicted molar refractivity (Wildman–Crippen MR) is 70.2 cm³/mol. The van der Waals surface area contributed by atoms with Crippen LogP contribution < -0.4 is 9.47 Å². The summed E-state index contributed by atoms with van der Waals surface area (Å²) in [7, 11) is 1.58. The first-order chi connectivity index (χ1) is 8.54. The first-order valence-corrected chi connectivity index (χ1v) is 6.15. The standard InChI is InChI=1S/C14H22O4/c1-10(2)17-7-8-18-13-6-5-12(11(3)15)9-14(13)16-4/h5-6,9-11,15H,7-8H2,1-4H3/t11-/m1/s1. The Kier molecular flexibility index (Phi) is 5.95. The second kappa shape index (κ2) is 7.24. The molecule has 1 aromatic carbocycles. The van der Waals surface area contributed by atoms with Crippen LogP contribution in [0.1, 0.15) is 32.4 Å². The number of aliphatic hydroxyl groups is 1. The van der Waals surface area contributed by atoms with Crippen LogP contribution in [0, 0.1) is 0 Å². The highest BCUT2D eigenvalue weighted by atomic mass is 16.5. The summed E-state index contributed by atoms with van der Waals surface area (Å²) in [6, 6.07) is 5.41. The van der Waals surface area contributed by atoms with E-state index in [0.717, 1.165) is 5.56 Å². The third kappa shape index (κ3) is 4.55. The van der Waals surface area contributed by atoms with E-state index in [1.165, 1.54) is 0 Å². The Balaban J connectivity index is 2.59. The zero-order valence-corrected chi connectivity index (χ0v) is 11.5. The Labute approximate surface area is 108 Å². The average molecular weight is 254 g/mol. The van der Waals surface area contributed by atoms with Gasteiger partial charge in [-0.05, 0) is 38.5 Å². The molecule has 0 spiro atoms. The Hall–Kier alpha value is -1.26. The number of ether oxygens (including phenoxy) is 3. The monoisotopic (exact) mass is 254 g/mol. The SMILES string of the molecule is COc1cc([C@@H](C)O)ccc1OCCOC(C)C. The number of rotatable bonds is 7. The second-order valence-electron chi connectivity index (χ2n) is 4.35. The second-order valence-corrected chi connectivity index (χ2v) is 4.35. The Morgan fingerprint density at radius 3 is 2.39 bits per heavy atom. The topological polar surface area (TPSA) is 47.9 Å². The van der Waals surface area contributed by atoms with E-state index in [-0.39, 0.29) is 6.10 Å². The van der Waals surface area contributed by atoms with Crippen LogP contribution in [0.5, 0.6) is 11.5 Å². The summed E-state index contributed by atoms with van der Waals surface area (Å²) in [5, 5.41) is 9.49. The third-order valence-electron chi connectivity index (χ3n) is 2.46. The lowest BCUT2D eigenvalue weighted by Crippen LogP contribution is -2.11. The van der Waals surface area contributed by atoms with Gasteiger partial charge in [-0.3, -0.25) is 0 Å². The van der Waals surface area contributed by atoms with Gasteiger partial charge >= 0.3 is 0 Å². The average Bonchev–Trinajstić information content (AvgIpc) is 2.34. The van der Waals surface area contributed by atoms with Crippen LogP contribution in [0.2, 0.25) is 0 Å². The maximum absolute atomic E-state index is 9.49. The molecule has 4 nitrogen and oxygen atoms in total. The molecule has 1 atom stereocenters. The largest absolute Gasteiger partial charge is 0.493 e. The maximum Gasteiger partial charge on any atom is 0.161 e. The van der Waals surface area contributed by atoms with Gasteiger partial charge in [0.25, 0.3) is 0 Å². The third-order valence-corrected chi connectivity index (χ3v) is 2.46. The minimum absolute atomic E-state index is 0.202. The zero-order valence-electron chi connectivity index (χ0n) is 11.5. The van der Waals surface area contributed by atoms with E-state index in [1.54, 1.807) is 26.2 Å². The van der Waals surface area contributed by atoms with Crippen LogP contribution in [-0.2, 0) is 4.74 Å². The Morgan fingerprint density at radius 2 is 1.83 bits per heavy atom. The van der Waals surface area contributed by atoms with Gasteiger partial charge in [0.1, 0.15) is 6.61 Å². The van der Waals surface area contributed by atoms with Crippen LogP contribution in [0.3, 0.4) is 0 Å². The summed E-state index contributed by atoms with van der Waals surface area (Å²) in [5.41, 5.74) is 0.803. The van der Waals surface area contributed by atoms with E-state index in [9.17, 15) is 5.11 Å². The number of benzene rings is 1. The normalized spacial score (nSPS) is 12.6. The highest BCUT2D eigenvalue weighted by molar-refractivity contribution is 5.43. The van der Waals surface area contributed by atoms with E-state index in [2.05, 4.69) is 0 Å². The van der Waals surface area contributed by atoms with Crippen molar-refractivity contribution < 1.29 is 19.3 Å². The summed E-state index contributed by atoms with van der Waals surface area (Å²) in [6.45, 7) is 6.70. The zero-order chi connectivity index (χ0) is 13.5. The van der Waals surface area contributed by atoms with Gasteiger partial charge in [0.2, 0.25) is 0 Å². The van der Waals surface area contributed by atoms with Crippen molar-refractivity contribution in [2.24, 2.45) is 0 Å². The molecule has 0 aliphatic rings. The number of aliphatic hydroxyl groups excluding tert-OH is 1. The van der Waals surface area contributed by atoms with Crippen molar-refractivity contribution in [2.45, 2.75) is 33.0 Å². The molecule has 0 unspecified atom stereocenters. The maximum atomic E-state index is 9.49. The van der Waals surface area contributed by atoms with Crippen molar-refractivity contribution >= 4 is 0 Å². The molecule has 4 heteroatoms. The van der Waals surface area contributed by atoms with Gasteiger partial charge in [0, 0.05) is 0 Å². The fourth-order valence-electron chi connectivity index (χ4n) is 1.50. The Bertz CT molecular complexity index is 361. The fraction of sp³-hybridized carbons (Fsp3) is 0.571. The van der Waals surface area contributed by atoms with Gasteiger partial charge in [-0.1, -0.05) is 6.07 Å². The lowest BCUT2D eigenvalue weighted by atomic mass is 10.1. The minimum Gasteiger partial charge on any atom is -0.493 e. The molecule has 1 rings (SSSR count). The van der Waals surface area contributed by atoms with Crippen LogP contribution >= 0.6 is 0 Å². The van der Waals surface area contributed by atoms with Crippen LogP contribution in [0.4, 0.5) is 0 Å². The van der Waals surface area contributed by atoms with E-state index in [0.29, 0.717) is 24.7 Å². The quantitative estimate of drug-likeness (QED) is 0.760. The van der Waals surface area contributed by atoms with Crippen LogP contribution in [0.25, 0.3) is 0 Å². The van der Waals surface area contributed by atoms with E-state index in [4.69, 9.17) is 14.2 Å². The first-order valence-electron chi connectivity index (χ1n) is 6.15. The van der Waals surface area contributed by atoms with Crippen molar-refractivity contribution in [3.05, 3.63) is 23.8 Å². The predicted octanol–water partition coefficient (Wildman–Crippen LogP) is 2.55. The Morgan fingerprint density at radius 1 is 1.11 bits per heavy atom. The van der Waals surface area contributed by atoms with E-state index < -0.39 is 6.10 Å². The summed E-state index contributed by atoms with van der Waals surface area (Å²) in [5.74, 6) is 1.28. The molecule has 1 N–H and O–H groups in total. The highest BCUT2D eigenvalue weighted by Crippen LogP contribution is 2.30. The molecule has 0 aliphatic heterocycles. The molecule has 0 saturated carbocycles. The molecular formula is C14H22O4. The lowest BCUT2D eigenvalue weighted by Gasteiger charge is -2.14. The summed E-state index contributed by atoms with van der Waals surface area (Å²) in [4.78, 5) is 0. The molecule has 0 aromatic heterocycles. The van der Waals surface area contributed by atoms with Gasteiger partial charge in [-0.15, -0.1) is 0 Å². The molecule has 18 heavy (non-hydrogen) atoms. The van der Waals surface area contributed by atoms with Crippen molar-refractivity contribution in [2.75, 3.05) is 20.3 Å². The number of hydrogen-bond acceptors (Lipinski definition) is 4. The number of methoxy groups -OCH3 is 1.